The first kappa shape index (κ1) is 18.0. The largest absolute Gasteiger partial charge is 0.496 e. The zero-order chi connectivity index (χ0) is 19.3. The second-order valence-corrected chi connectivity index (χ2v) is 6.77. The van der Waals surface area contributed by atoms with Gasteiger partial charge >= 0.3 is 0 Å². The maximum absolute atomic E-state index is 12.0. The summed E-state index contributed by atoms with van der Waals surface area (Å²) in [6.45, 7) is 0. The van der Waals surface area contributed by atoms with Crippen molar-refractivity contribution >= 4 is 11.8 Å². The molecule has 2 aromatic carbocycles. The quantitative estimate of drug-likeness (QED) is 0.394. The first-order chi connectivity index (χ1) is 13.7. The minimum Gasteiger partial charge on any atom is -0.496 e. The fourth-order valence-corrected chi connectivity index (χ4v) is 3.36. The molecule has 28 heavy (non-hydrogen) atoms. The molecule has 0 bridgehead atoms. The second kappa shape index (κ2) is 8.10. The van der Waals surface area contributed by atoms with Crippen LogP contribution < -0.4 is 10.3 Å². The Morgan fingerprint density at radius 3 is 2.68 bits per heavy atom. The van der Waals surface area contributed by atoms with Crippen LogP contribution in [0.3, 0.4) is 0 Å². The van der Waals surface area contributed by atoms with Crippen LogP contribution in [0.4, 0.5) is 0 Å². The summed E-state index contributed by atoms with van der Waals surface area (Å²) in [4.78, 5) is 23.6. The highest BCUT2D eigenvalue weighted by Crippen LogP contribution is 2.28. The number of benzene rings is 2. The Bertz CT molecular complexity index is 1140. The molecule has 2 aromatic heterocycles. The van der Waals surface area contributed by atoms with Gasteiger partial charge in [0, 0.05) is 11.6 Å². The molecule has 0 fully saturated rings. The predicted molar refractivity (Wildman–Crippen MR) is 106 cm³/mol. The van der Waals surface area contributed by atoms with Gasteiger partial charge < -0.3 is 14.2 Å². The van der Waals surface area contributed by atoms with Crippen LogP contribution in [0.25, 0.3) is 22.6 Å². The van der Waals surface area contributed by atoms with Crippen LogP contribution in [0.1, 0.15) is 5.89 Å². The predicted octanol–water partition coefficient (Wildman–Crippen LogP) is 3.79. The Morgan fingerprint density at radius 2 is 1.86 bits per heavy atom. The van der Waals surface area contributed by atoms with Crippen molar-refractivity contribution in [3.05, 3.63) is 76.9 Å². The van der Waals surface area contributed by atoms with Crippen LogP contribution in [-0.2, 0) is 5.75 Å². The topological polar surface area (TPSA) is 93.9 Å². The number of nitrogens with zero attached hydrogens (tertiary/aromatic N) is 3. The van der Waals surface area contributed by atoms with Crippen molar-refractivity contribution in [2.75, 3.05) is 7.11 Å². The Hall–Kier alpha value is -3.39. The Balaban J connectivity index is 1.52. The summed E-state index contributed by atoms with van der Waals surface area (Å²) in [6.07, 6.45) is 0. The first-order valence-electron chi connectivity index (χ1n) is 8.48. The molecule has 0 atom stereocenters. The Kier molecular flexibility index (Phi) is 5.20. The van der Waals surface area contributed by atoms with Gasteiger partial charge in [0.05, 0.1) is 24.1 Å². The highest BCUT2D eigenvalue weighted by atomic mass is 32.2. The van der Waals surface area contributed by atoms with Gasteiger partial charge in [-0.15, -0.1) is 0 Å². The lowest BCUT2D eigenvalue weighted by molar-refractivity contribution is 0.390. The number of aromatic amines is 1. The number of methoxy groups -OCH3 is 1. The van der Waals surface area contributed by atoms with Gasteiger partial charge in [0.15, 0.2) is 5.16 Å². The molecular formula is C20H16N4O3S. The molecule has 8 heteroatoms. The SMILES string of the molecule is COc1ccccc1-c1noc(CSc2nc(-c3ccccc3)cc(=O)[nH]2)n1. The Morgan fingerprint density at radius 1 is 1.07 bits per heavy atom. The van der Waals surface area contributed by atoms with Gasteiger partial charge in [0.1, 0.15) is 5.75 Å². The molecule has 0 aliphatic carbocycles. The number of hydrogen-bond acceptors (Lipinski definition) is 7. The maximum Gasteiger partial charge on any atom is 0.252 e. The number of rotatable bonds is 6. The standard InChI is InChI=1S/C20H16N4O3S/c1-26-16-10-6-5-9-14(16)19-23-18(27-24-19)12-28-20-21-15(11-17(25)22-20)13-7-3-2-4-8-13/h2-11H,12H2,1H3,(H,21,22,25). The van der Waals surface area contributed by atoms with E-state index < -0.39 is 0 Å². The summed E-state index contributed by atoms with van der Waals surface area (Å²) in [6, 6.07) is 18.5. The molecule has 0 saturated heterocycles. The van der Waals surface area contributed by atoms with Gasteiger partial charge in [-0.1, -0.05) is 59.4 Å². The zero-order valence-electron chi connectivity index (χ0n) is 15.0. The number of thioether (sulfide) groups is 1. The van der Waals surface area contributed by atoms with Gasteiger partial charge in [0.25, 0.3) is 5.56 Å². The monoisotopic (exact) mass is 392 g/mol. The van der Waals surface area contributed by atoms with E-state index in [0.717, 1.165) is 11.1 Å². The average Bonchev–Trinajstić information content (AvgIpc) is 3.21. The molecule has 0 unspecified atom stereocenters. The molecule has 0 amide bonds. The van der Waals surface area contributed by atoms with Gasteiger partial charge in [-0.25, -0.2) is 4.98 Å². The molecule has 1 N–H and O–H groups in total. The van der Waals surface area contributed by atoms with E-state index in [1.807, 2.05) is 54.6 Å². The van der Waals surface area contributed by atoms with E-state index in [4.69, 9.17) is 9.26 Å². The van der Waals surface area contributed by atoms with Crippen molar-refractivity contribution in [1.29, 1.82) is 0 Å². The highest BCUT2D eigenvalue weighted by Gasteiger charge is 2.14. The minimum absolute atomic E-state index is 0.211. The second-order valence-electron chi connectivity index (χ2n) is 5.80. The fraction of sp³-hybridized carbons (Fsp3) is 0.100. The summed E-state index contributed by atoms with van der Waals surface area (Å²) in [5.41, 5.74) is 2.04. The third-order valence-corrected chi connectivity index (χ3v) is 4.80. The maximum atomic E-state index is 12.0. The van der Waals surface area contributed by atoms with Crippen molar-refractivity contribution in [1.82, 2.24) is 20.1 Å². The minimum atomic E-state index is -0.211. The van der Waals surface area contributed by atoms with E-state index in [-0.39, 0.29) is 5.56 Å². The smallest absolute Gasteiger partial charge is 0.252 e. The van der Waals surface area contributed by atoms with Crippen molar-refractivity contribution < 1.29 is 9.26 Å². The number of para-hydroxylation sites is 1. The number of hydrogen-bond donors (Lipinski definition) is 1. The van der Waals surface area contributed by atoms with Crippen molar-refractivity contribution in [2.45, 2.75) is 10.9 Å². The van der Waals surface area contributed by atoms with Gasteiger partial charge in [-0.05, 0) is 12.1 Å². The third kappa shape index (κ3) is 3.96. The van der Waals surface area contributed by atoms with Crippen molar-refractivity contribution in [3.63, 3.8) is 0 Å². The molecule has 0 spiro atoms. The summed E-state index contributed by atoms with van der Waals surface area (Å²) in [5, 5.41) is 4.51. The average molecular weight is 392 g/mol. The summed E-state index contributed by atoms with van der Waals surface area (Å²) >= 11 is 1.32. The van der Waals surface area contributed by atoms with Gasteiger partial charge in [-0.3, -0.25) is 4.79 Å². The summed E-state index contributed by atoms with van der Waals surface area (Å²) < 4.78 is 10.7. The number of nitrogens with one attached hydrogen (secondary N) is 1. The Labute approximate surface area is 164 Å². The number of H-pyrrole nitrogens is 1. The normalized spacial score (nSPS) is 10.8. The fourth-order valence-electron chi connectivity index (χ4n) is 2.64. The third-order valence-electron chi connectivity index (χ3n) is 3.94. The number of aromatic nitrogens is 4. The van der Waals surface area contributed by atoms with Crippen molar-refractivity contribution in [2.24, 2.45) is 0 Å². The van der Waals surface area contributed by atoms with Crippen LogP contribution >= 0.6 is 11.8 Å². The molecule has 140 valence electrons. The zero-order valence-corrected chi connectivity index (χ0v) is 15.8. The molecule has 0 saturated carbocycles. The molecule has 0 aliphatic rings. The molecule has 4 rings (SSSR count). The molecule has 2 heterocycles. The lowest BCUT2D eigenvalue weighted by Gasteiger charge is -2.03. The highest BCUT2D eigenvalue weighted by molar-refractivity contribution is 7.98. The summed E-state index contributed by atoms with van der Waals surface area (Å²) in [5.74, 6) is 1.93. The van der Waals surface area contributed by atoms with Gasteiger partial charge in [0.2, 0.25) is 11.7 Å². The van der Waals surface area contributed by atoms with E-state index in [9.17, 15) is 4.79 Å². The van der Waals surface area contributed by atoms with E-state index in [1.54, 1.807) is 7.11 Å². The lowest BCUT2D eigenvalue weighted by Crippen LogP contribution is -2.08. The van der Waals surface area contributed by atoms with Crippen LogP contribution in [0.5, 0.6) is 5.75 Å². The van der Waals surface area contributed by atoms with E-state index in [0.29, 0.717) is 34.1 Å². The van der Waals surface area contributed by atoms with Crippen LogP contribution in [-0.4, -0.2) is 27.2 Å². The first-order valence-corrected chi connectivity index (χ1v) is 9.47. The molecule has 4 aromatic rings. The van der Waals surface area contributed by atoms with E-state index in [1.165, 1.54) is 17.8 Å². The van der Waals surface area contributed by atoms with Crippen LogP contribution in [0, 0.1) is 0 Å². The van der Waals surface area contributed by atoms with Crippen LogP contribution in [0.2, 0.25) is 0 Å². The van der Waals surface area contributed by atoms with E-state index >= 15 is 0 Å². The molecule has 0 aliphatic heterocycles. The van der Waals surface area contributed by atoms with Crippen molar-refractivity contribution in [3.8, 4) is 28.4 Å². The van der Waals surface area contributed by atoms with Crippen LogP contribution in [0.15, 0.2) is 75.1 Å². The van der Waals surface area contributed by atoms with Gasteiger partial charge in [-0.2, -0.15) is 4.98 Å². The summed E-state index contributed by atoms with van der Waals surface area (Å²) in [7, 11) is 1.59. The lowest BCUT2D eigenvalue weighted by atomic mass is 10.1. The molecular weight excluding hydrogens is 376 g/mol. The van der Waals surface area contributed by atoms with E-state index in [2.05, 4.69) is 20.1 Å². The number of ether oxygens (including phenoxy) is 1. The molecule has 0 radical (unpaired) electrons. The molecule has 7 nitrogen and oxygen atoms in total.